The molecule has 0 aliphatic heterocycles. The lowest BCUT2D eigenvalue weighted by Crippen LogP contribution is -2.23. The molecule has 0 saturated heterocycles. The van der Waals surface area contributed by atoms with E-state index in [1.807, 2.05) is 0 Å². The van der Waals surface area contributed by atoms with E-state index in [9.17, 15) is 22.4 Å². The van der Waals surface area contributed by atoms with Crippen LogP contribution >= 0.6 is 11.6 Å². The average molecular weight is 365 g/mol. The molecule has 0 spiro atoms. The van der Waals surface area contributed by atoms with Crippen molar-refractivity contribution in [2.75, 3.05) is 14.1 Å². The van der Waals surface area contributed by atoms with Gasteiger partial charge in [0.25, 0.3) is 18.8 Å². The zero-order valence-electron chi connectivity index (χ0n) is 12.9. The summed E-state index contributed by atoms with van der Waals surface area (Å²) in [6, 6.07) is 2.19. The fraction of sp³-hybridized carbons (Fsp3) is 0.357. The van der Waals surface area contributed by atoms with E-state index in [4.69, 9.17) is 11.6 Å². The number of nitrogens with zero attached hydrogens (tertiary/aromatic N) is 4. The molecular formula is C14H13ClF4N4O. The molecule has 24 heavy (non-hydrogen) atoms. The normalized spacial score (nSPS) is 11.4. The maximum absolute atomic E-state index is 13.3. The molecule has 0 radical (unpaired) electrons. The van der Waals surface area contributed by atoms with E-state index in [1.54, 1.807) is 0 Å². The van der Waals surface area contributed by atoms with Gasteiger partial charge in [-0.1, -0.05) is 11.6 Å². The van der Waals surface area contributed by atoms with Crippen molar-refractivity contribution in [1.82, 2.24) is 19.7 Å². The van der Waals surface area contributed by atoms with Crippen LogP contribution in [0.3, 0.4) is 0 Å². The van der Waals surface area contributed by atoms with Crippen LogP contribution in [0.15, 0.2) is 12.1 Å². The van der Waals surface area contributed by atoms with Gasteiger partial charge >= 0.3 is 0 Å². The summed E-state index contributed by atoms with van der Waals surface area (Å²) in [5.74, 6) is -1.11. The first-order valence-electron chi connectivity index (χ1n) is 6.69. The molecule has 2 aromatic rings. The van der Waals surface area contributed by atoms with Gasteiger partial charge in [0.2, 0.25) is 0 Å². The molecule has 0 fully saturated rings. The molecule has 10 heteroatoms. The molecule has 0 N–H and O–H groups in total. The highest BCUT2D eigenvalue weighted by atomic mass is 35.5. The van der Waals surface area contributed by atoms with Gasteiger partial charge < -0.3 is 4.90 Å². The summed E-state index contributed by atoms with van der Waals surface area (Å²) in [5.41, 5.74) is -1.71. The van der Waals surface area contributed by atoms with Crippen LogP contribution in [0.5, 0.6) is 0 Å². The first-order chi connectivity index (χ1) is 11.1. The largest absolute Gasteiger partial charge is 0.345 e. The molecule has 2 rings (SSSR count). The van der Waals surface area contributed by atoms with Crippen molar-refractivity contribution in [2.45, 2.75) is 19.8 Å². The number of rotatable bonds is 4. The van der Waals surface area contributed by atoms with Gasteiger partial charge in [0, 0.05) is 14.1 Å². The summed E-state index contributed by atoms with van der Waals surface area (Å²) in [6.07, 6.45) is -5.98. The zero-order chi connectivity index (χ0) is 18.2. The van der Waals surface area contributed by atoms with Crippen LogP contribution in [-0.4, -0.2) is 39.7 Å². The van der Waals surface area contributed by atoms with E-state index in [1.165, 1.54) is 21.0 Å². The predicted octanol–water partition coefficient (Wildman–Crippen LogP) is 3.81. The molecule has 0 unspecified atom stereocenters. The number of alkyl halides is 4. The van der Waals surface area contributed by atoms with Crippen molar-refractivity contribution in [1.29, 1.82) is 0 Å². The fourth-order valence-electron chi connectivity index (χ4n) is 2.15. The lowest BCUT2D eigenvalue weighted by Gasteiger charge is -2.12. The van der Waals surface area contributed by atoms with Crippen molar-refractivity contribution in [2.24, 2.45) is 0 Å². The van der Waals surface area contributed by atoms with Crippen molar-refractivity contribution in [3.63, 3.8) is 0 Å². The lowest BCUT2D eigenvalue weighted by atomic mass is 10.1. The van der Waals surface area contributed by atoms with Gasteiger partial charge in [0.05, 0.1) is 16.8 Å². The second-order valence-electron chi connectivity index (χ2n) is 5.11. The monoisotopic (exact) mass is 364 g/mol. The van der Waals surface area contributed by atoms with Crippen LogP contribution in [-0.2, 0) is 0 Å². The van der Waals surface area contributed by atoms with Crippen molar-refractivity contribution in [3.05, 3.63) is 39.8 Å². The average Bonchev–Trinajstić information content (AvgIpc) is 2.83. The summed E-state index contributed by atoms with van der Waals surface area (Å²) in [6.45, 7) is 1.33. The number of carbonyl (C=O) groups is 1. The van der Waals surface area contributed by atoms with Crippen LogP contribution in [0.2, 0.25) is 5.15 Å². The van der Waals surface area contributed by atoms with Gasteiger partial charge in [-0.25, -0.2) is 27.2 Å². The van der Waals surface area contributed by atoms with Crippen LogP contribution in [0, 0.1) is 6.92 Å². The Hall–Kier alpha value is -2.16. The van der Waals surface area contributed by atoms with Crippen LogP contribution in [0.4, 0.5) is 17.6 Å². The Labute approximate surface area is 139 Å². The predicted molar refractivity (Wildman–Crippen MR) is 79.0 cm³/mol. The van der Waals surface area contributed by atoms with Crippen molar-refractivity contribution < 1.29 is 22.4 Å². The molecule has 0 bridgehead atoms. The Morgan fingerprint density at radius 1 is 1.21 bits per heavy atom. The molecule has 2 aromatic heterocycles. The van der Waals surface area contributed by atoms with Gasteiger partial charge in [-0.2, -0.15) is 5.10 Å². The Bertz CT molecular complexity index is 776. The number of amides is 1. The Balaban J connectivity index is 2.76. The third kappa shape index (κ3) is 3.21. The van der Waals surface area contributed by atoms with Gasteiger partial charge in [-0.05, 0) is 19.1 Å². The van der Waals surface area contributed by atoms with Gasteiger partial charge in [0.1, 0.15) is 10.8 Å². The number of hydrogen-bond donors (Lipinski definition) is 0. The minimum atomic E-state index is -3.06. The summed E-state index contributed by atoms with van der Waals surface area (Å²) < 4.78 is 53.7. The fourth-order valence-corrected chi connectivity index (χ4v) is 2.29. The first kappa shape index (κ1) is 18.2. The summed E-state index contributed by atoms with van der Waals surface area (Å²) in [7, 11) is 2.77. The quantitative estimate of drug-likeness (QED) is 0.612. The number of carbonyl (C=O) groups excluding carboxylic acids is 1. The molecule has 0 aromatic carbocycles. The topological polar surface area (TPSA) is 51.0 Å². The highest BCUT2D eigenvalue weighted by molar-refractivity contribution is 6.29. The first-order valence-corrected chi connectivity index (χ1v) is 7.07. The molecule has 2 heterocycles. The highest BCUT2D eigenvalue weighted by Crippen LogP contribution is 2.31. The molecule has 130 valence electrons. The number of aromatic nitrogens is 3. The Morgan fingerprint density at radius 2 is 1.83 bits per heavy atom. The standard InChI is InChI=1S/C14H13ClF4N4O/c1-6-9(14(24)22(2)3)10(12(18)19)21-23(6)13-7(11(16)17)4-5-8(15)20-13/h4-5,11-12H,1-3H3. The van der Waals surface area contributed by atoms with Crippen LogP contribution in [0.1, 0.15) is 40.2 Å². The number of hydrogen-bond acceptors (Lipinski definition) is 3. The van der Waals surface area contributed by atoms with E-state index in [0.717, 1.165) is 21.7 Å². The van der Waals surface area contributed by atoms with Crippen LogP contribution in [0.25, 0.3) is 5.82 Å². The number of halogens is 5. The van der Waals surface area contributed by atoms with E-state index < -0.39 is 35.8 Å². The smallest absolute Gasteiger partial charge is 0.282 e. The number of pyridine rings is 1. The second-order valence-corrected chi connectivity index (χ2v) is 5.49. The minimum absolute atomic E-state index is 0.0272. The van der Waals surface area contributed by atoms with E-state index in [2.05, 4.69) is 10.1 Å². The molecule has 0 aliphatic carbocycles. The van der Waals surface area contributed by atoms with Gasteiger partial charge in [-0.3, -0.25) is 4.79 Å². The summed E-state index contributed by atoms with van der Waals surface area (Å²) in [4.78, 5) is 17.0. The van der Waals surface area contributed by atoms with E-state index in [-0.39, 0.29) is 16.4 Å². The molecular weight excluding hydrogens is 352 g/mol. The second kappa shape index (κ2) is 6.76. The zero-order valence-corrected chi connectivity index (χ0v) is 13.7. The third-order valence-electron chi connectivity index (χ3n) is 3.28. The SMILES string of the molecule is Cc1c(C(=O)N(C)C)c(C(F)F)nn1-c1nc(Cl)ccc1C(F)F. The highest BCUT2D eigenvalue weighted by Gasteiger charge is 2.30. The summed E-state index contributed by atoms with van der Waals surface area (Å²) in [5, 5.41) is 3.52. The maximum atomic E-state index is 13.3. The summed E-state index contributed by atoms with van der Waals surface area (Å²) >= 11 is 5.73. The van der Waals surface area contributed by atoms with Crippen LogP contribution < -0.4 is 0 Å². The third-order valence-corrected chi connectivity index (χ3v) is 3.49. The van der Waals surface area contributed by atoms with Crippen molar-refractivity contribution in [3.8, 4) is 5.82 Å². The molecule has 0 saturated carbocycles. The van der Waals surface area contributed by atoms with Gasteiger partial charge in [0.15, 0.2) is 5.82 Å². The van der Waals surface area contributed by atoms with Gasteiger partial charge in [-0.15, -0.1) is 0 Å². The molecule has 0 aliphatic rings. The molecule has 5 nitrogen and oxygen atoms in total. The molecule has 0 atom stereocenters. The Kier molecular flexibility index (Phi) is 5.12. The lowest BCUT2D eigenvalue weighted by molar-refractivity contribution is 0.0813. The van der Waals surface area contributed by atoms with Crippen molar-refractivity contribution >= 4 is 17.5 Å². The van der Waals surface area contributed by atoms with E-state index in [0.29, 0.717) is 0 Å². The minimum Gasteiger partial charge on any atom is -0.345 e. The Morgan fingerprint density at radius 3 is 2.33 bits per heavy atom. The van der Waals surface area contributed by atoms with E-state index >= 15 is 0 Å². The molecule has 1 amide bonds. The maximum Gasteiger partial charge on any atom is 0.282 e.